The standard InChI is InChI=1S/C47H36N2/c1-2-5-20-41(21-6-3-1)48(46-25-13-16-36-15-9-10-18-40(46)35-36)43-31-27-37(28-32-43)38-29-33-44(34-30-38)49(42-22-7-4-8-23-42)47-26-14-19-39-17-11-12-24-45(39)47/h1-2,4-19,21-34H,3,35H2/b2-1-,21-6-. The third-order valence-electron chi connectivity index (χ3n) is 9.11. The van der Waals surface area contributed by atoms with Gasteiger partial charge >= 0.3 is 0 Å². The highest BCUT2D eigenvalue weighted by Crippen LogP contribution is 2.40. The second kappa shape index (κ2) is 13.8. The van der Waals surface area contributed by atoms with E-state index in [1.807, 2.05) is 6.08 Å². The maximum Gasteiger partial charge on any atom is 0.0887 e. The topological polar surface area (TPSA) is 6.48 Å². The summed E-state index contributed by atoms with van der Waals surface area (Å²) in [6.45, 7) is 0. The summed E-state index contributed by atoms with van der Waals surface area (Å²) in [5, 5.41) is 2.45. The summed E-state index contributed by atoms with van der Waals surface area (Å²) in [5.74, 6) is 0. The molecule has 0 N–H and O–H groups in total. The zero-order valence-corrected chi connectivity index (χ0v) is 27.3. The van der Waals surface area contributed by atoms with Gasteiger partial charge in [0.25, 0.3) is 0 Å². The van der Waals surface area contributed by atoms with Crippen molar-refractivity contribution in [2.75, 3.05) is 9.80 Å². The van der Waals surface area contributed by atoms with Crippen molar-refractivity contribution < 1.29 is 0 Å². The van der Waals surface area contributed by atoms with Crippen LogP contribution in [0.3, 0.4) is 0 Å². The van der Waals surface area contributed by atoms with Gasteiger partial charge in [-0.15, -0.1) is 0 Å². The van der Waals surface area contributed by atoms with Crippen molar-refractivity contribution in [1.29, 1.82) is 0 Å². The van der Waals surface area contributed by atoms with Gasteiger partial charge in [-0.1, -0.05) is 139 Å². The van der Waals surface area contributed by atoms with Gasteiger partial charge in [-0.2, -0.15) is 0 Å². The van der Waals surface area contributed by atoms with Gasteiger partial charge < -0.3 is 9.80 Å². The van der Waals surface area contributed by atoms with Crippen LogP contribution in [0.25, 0.3) is 21.9 Å². The summed E-state index contributed by atoms with van der Waals surface area (Å²) in [4.78, 5) is 4.68. The number of benzene rings is 5. The van der Waals surface area contributed by atoms with Crippen LogP contribution in [0, 0.1) is 0 Å². The molecule has 3 aliphatic carbocycles. The van der Waals surface area contributed by atoms with E-state index in [2.05, 4.69) is 204 Å². The Kier molecular flexibility index (Phi) is 8.45. The van der Waals surface area contributed by atoms with E-state index in [9.17, 15) is 0 Å². The number of fused-ring (bicyclic) bond motifs is 3. The van der Waals surface area contributed by atoms with Crippen molar-refractivity contribution in [3.05, 3.63) is 223 Å². The second-order valence-electron chi connectivity index (χ2n) is 12.3. The van der Waals surface area contributed by atoms with Crippen molar-refractivity contribution in [1.82, 2.24) is 0 Å². The van der Waals surface area contributed by atoms with Crippen LogP contribution in [0.2, 0.25) is 0 Å². The highest BCUT2D eigenvalue weighted by molar-refractivity contribution is 5.99. The number of hydrogen-bond donors (Lipinski definition) is 0. The number of nitrogens with zero attached hydrogens (tertiary/aromatic N) is 2. The molecular weight excluding hydrogens is 593 g/mol. The Hall–Kier alpha value is -6.34. The summed E-state index contributed by atoms with van der Waals surface area (Å²) in [6.07, 6.45) is 27.7. The molecule has 2 bridgehead atoms. The number of rotatable bonds is 7. The average molecular weight is 629 g/mol. The van der Waals surface area contributed by atoms with Gasteiger partial charge in [-0.3, -0.25) is 0 Å². The van der Waals surface area contributed by atoms with Crippen LogP contribution in [0.5, 0.6) is 0 Å². The largest absolute Gasteiger partial charge is 0.310 e. The summed E-state index contributed by atoms with van der Waals surface area (Å²) in [7, 11) is 0. The summed E-state index contributed by atoms with van der Waals surface area (Å²) >= 11 is 0. The minimum atomic E-state index is 0.885. The van der Waals surface area contributed by atoms with Crippen LogP contribution in [0.4, 0.5) is 22.7 Å². The Balaban J connectivity index is 1.15. The molecule has 3 aliphatic rings. The molecule has 0 fully saturated rings. The van der Waals surface area contributed by atoms with Crippen LogP contribution >= 0.6 is 0 Å². The first-order chi connectivity index (χ1) is 24.3. The van der Waals surface area contributed by atoms with E-state index >= 15 is 0 Å². The molecule has 0 heterocycles. The Labute approximate surface area is 289 Å². The Morgan fingerprint density at radius 1 is 0.510 bits per heavy atom. The van der Waals surface area contributed by atoms with Crippen molar-refractivity contribution in [3.8, 4) is 11.1 Å². The molecule has 234 valence electrons. The normalized spacial score (nSPS) is 16.2. The fourth-order valence-electron chi connectivity index (χ4n) is 6.71. The van der Waals surface area contributed by atoms with E-state index in [1.54, 1.807) is 0 Å². The van der Waals surface area contributed by atoms with Gasteiger partial charge in [-0.05, 0) is 101 Å². The van der Waals surface area contributed by atoms with E-state index in [1.165, 1.54) is 33.0 Å². The first kappa shape index (κ1) is 30.0. The van der Waals surface area contributed by atoms with Crippen LogP contribution in [0.1, 0.15) is 12.8 Å². The summed E-state index contributed by atoms with van der Waals surface area (Å²) in [6, 6.07) is 43.6. The highest BCUT2D eigenvalue weighted by atomic mass is 15.2. The van der Waals surface area contributed by atoms with Crippen molar-refractivity contribution in [2.45, 2.75) is 12.8 Å². The van der Waals surface area contributed by atoms with Crippen molar-refractivity contribution in [2.24, 2.45) is 0 Å². The first-order valence-corrected chi connectivity index (χ1v) is 16.9. The third-order valence-corrected chi connectivity index (χ3v) is 9.11. The summed E-state index contributed by atoms with van der Waals surface area (Å²) in [5.41, 5.74) is 15.1. The molecule has 0 saturated heterocycles. The lowest BCUT2D eigenvalue weighted by molar-refractivity contribution is 1.06. The predicted octanol–water partition coefficient (Wildman–Crippen LogP) is 12.6. The van der Waals surface area contributed by atoms with Crippen molar-refractivity contribution >= 4 is 33.5 Å². The van der Waals surface area contributed by atoms with E-state index < -0.39 is 0 Å². The smallest absolute Gasteiger partial charge is 0.0887 e. The molecule has 2 nitrogen and oxygen atoms in total. The first-order valence-electron chi connectivity index (χ1n) is 16.9. The van der Waals surface area contributed by atoms with E-state index in [4.69, 9.17) is 0 Å². The zero-order valence-electron chi connectivity index (χ0n) is 27.3. The molecule has 0 aliphatic heterocycles. The van der Waals surface area contributed by atoms with Gasteiger partial charge in [0.1, 0.15) is 0 Å². The number of hydrogen-bond acceptors (Lipinski definition) is 2. The van der Waals surface area contributed by atoms with Crippen LogP contribution in [-0.4, -0.2) is 0 Å². The SMILES string of the molecule is C1=C/C=C\C/C=C\C=1N(C1=CC=CC2=CC=CC=C1C2)c1ccc(-c2ccc(N(c3ccccc3)c3cccc4ccccc34)cc2)cc1. The molecule has 0 spiro atoms. The Bertz CT molecular complexity index is 2280. The third kappa shape index (κ3) is 6.34. The van der Waals surface area contributed by atoms with Gasteiger partial charge in [0.05, 0.1) is 17.1 Å². The molecule has 49 heavy (non-hydrogen) atoms. The molecule has 0 unspecified atom stereocenters. The Morgan fingerprint density at radius 3 is 2.02 bits per heavy atom. The zero-order chi connectivity index (χ0) is 32.8. The van der Waals surface area contributed by atoms with Crippen LogP contribution < -0.4 is 9.80 Å². The minimum Gasteiger partial charge on any atom is -0.310 e. The fourth-order valence-corrected chi connectivity index (χ4v) is 6.71. The molecule has 8 rings (SSSR count). The lowest BCUT2D eigenvalue weighted by Gasteiger charge is -2.29. The fraction of sp³-hybridized carbons (Fsp3) is 0.0426. The lowest BCUT2D eigenvalue weighted by atomic mass is 10.0. The summed E-state index contributed by atoms with van der Waals surface area (Å²) < 4.78 is 0. The minimum absolute atomic E-state index is 0.885. The van der Waals surface area contributed by atoms with Gasteiger partial charge in [0.2, 0.25) is 0 Å². The van der Waals surface area contributed by atoms with Crippen LogP contribution in [-0.2, 0) is 0 Å². The van der Waals surface area contributed by atoms with Gasteiger partial charge in [0.15, 0.2) is 0 Å². The molecule has 2 heteroatoms. The maximum absolute atomic E-state index is 3.54. The quantitative estimate of drug-likeness (QED) is 0.165. The molecule has 0 amide bonds. The number of anilines is 4. The second-order valence-corrected chi connectivity index (χ2v) is 12.3. The molecule has 0 saturated carbocycles. The van der Waals surface area contributed by atoms with Crippen molar-refractivity contribution in [3.63, 3.8) is 0 Å². The monoisotopic (exact) mass is 628 g/mol. The van der Waals surface area contributed by atoms with Gasteiger partial charge in [-0.25, -0.2) is 0 Å². The number of allylic oxidation sites excluding steroid dienone is 13. The van der Waals surface area contributed by atoms with Crippen LogP contribution in [0.15, 0.2) is 223 Å². The lowest BCUT2D eigenvalue weighted by Crippen LogP contribution is -2.22. The molecule has 0 atom stereocenters. The molecule has 0 aromatic heterocycles. The Morgan fingerprint density at radius 2 is 1.20 bits per heavy atom. The van der Waals surface area contributed by atoms with Gasteiger partial charge in [0, 0.05) is 22.4 Å². The molecule has 0 radical (unpaired) electrons. The number of para-hydroxylation sites is 1. The van der Waals surface area contributed by atoms with E-state index in [-0.39, 0.29) is 0 Å². The van der Waals surface area contributed by atoms with E-state index in [0.29, 0.717) is 0 Å². The molecule has 5 aromatic carbocycles. The maximum atomic E-state index is 3.54. The van der Waals surface area contributed by atoms with E-state index in [0.717, 1.165) is 47.0 Å². The predicted molar refractivity (Wildman–Crippen MR) is 208 cm³/mol. The molecule has 5 aromatic rings. The molecular formula is C47H36N2. The average Bonchev–Trinajstić information content (AvgIpc) is 3.50. The highest BCUT2D eigenvalue weighted by Gasteiger charge is 2.21.